The molecule has 0 radical (unpaired) electrons. The number of rotatable bonds is 2. The number of aromatic hydroxyl groups is 3. The SMILES string of the molecule is CC(N)Cc1ccc(O)c(O)c1O. The predicted octanol–water partition coefficient (Wildman–Crippen LogP) is 0.693. The van der Waals surface area contributed by atoms with E-state index in [-0.39, 0.29) is 17.5 Å². The first-order chi connectivity index (χ1) is 6.02. The number of phenolic OH excluding ortho intramolecular Hbond substituents is 3. The van der Waals surface area contributed by atoms with E-state index in [1.165, 1.54) is 12.1 Å². The highest BCUT2D eigenvalue weighted by atomic mass is 16.3. The van der Waals surface area contributed by atoms with Crippen LogP contribution >= 0.6 is 0 Å². The lowest BCUT2D eigenvalue weighted by atomic mass is 10.1. The average molecular weight is 183 g/mol. The highest BCUT2D eigenvalue weighted by Crippen LogP contribution is 2.37. The number of benzene rings is 1. The Morgan fingerprint density at radius 3 is 2.38 bits per heavy atom. The Morgan fingerprint density at radius 1 is 1.23 bits per heavy atom. The van der Waals surface area contributed by atoms with Gasteiger partial charge in [0.2, 0.25) is 5.75 Å². The summed E-state index contributed by atoms with van der Waals surface area (Å²) in [5.74, 6) is -1.11. The Bertz CT molecular complexity index is 310. The van der Waals surface area contributed by atoms with Gasteiger partial charge in [0.15, 0.2) is 11.5 Å². The summed E-state index contributed by atoms with van der Waals surface area (Å²) in [5.41, 5.74) is 6.06. The zero-order chi connectivity index (χ0) is 10.0. The maximum atomic E-state index is 9.36. The summed E-state index contributed by atoms with van der Waals surface area (Å²) in [5, 5.41) is 27.5. The maximum Gasteiger partial charge on any atom is 0.200 e. The Hall–Kier alpha value is -1.42. The van der Waals surface area contributed by atoms with E-state index < -0.39 is 5.75 Å². The number of hydrogen-bond acceptors (Lipinski definition) is 4. The molecule has 72 valence electrons. The number of nitrogens with two attached hydrogens (primary N) is 1. The fourth-order valence-electron chi connectivity index (χ4n) is 1.12. The summed E-state index contributed by atoms with van der Waals surface area (Å²) in [7, 11) is 0. The molecule has 5 N–H and O–H groups in total. The van der Waals surface area contributed by atoms with Crippen molar-refractivity contribution in [2.45, 2.75) is 19.4 Å². The van der Waals surface area contributed by atoms with Gasteiger partial charge in [-0.2, -0.15) is 0 Å². The van der Waals surface area contributed by atoms with Crippen LogP contribution in [-0.4, -0.2) is 21.4 Å². The summed E-state index contributed by atoms with van der Waals surface area (Å²) < 4.78 is 0. The first kappa shape index (κ1) is 9.67. The van der Waals surface area contributed by atoms with Crippen molar-refractivity contribution in [3.8, 4) is 17.2 Å². The van der Waals surface area contributed by atoms with Crippen molar-refractivity contribution in [1.29, 1.82) is 0 Å². The summed E-state index contributed by atoms with van der Waals surface area (Å²) in [6.45, 7) is 1.79. The zero-order valence-electron chi connectivity index (χ0n) is 7.36. The van der Waals surface area contributed by atoms with Gasteiger partial charge in [0.25, 0.3) is 0 Å². The molecule has 1 unspecified atom stereocenters. The minimum absolute atomic E-state index is 0.102. The molecule has 1 atom stereocenters. The molecule has 0 aliphatic carbocycles. The van der Waals surface area contributed by atoms with Gasteiger partial charge < -0.3 is 21.1 Å². The second-order valence-electron chi connectivity index (χ2n) is 3.12. The molecule has 0 amide bonds. The number of phenols is 3. The van der Waals surface area contributed by atoms with Crippen LogP contribution in [0.3, 0.4) is 0 Å². The molecule has 4 heteroatoms. The minimum Gasteiger partial charge on any atom is -0.504 e. The van der Waals surface area contributed by atoms with E-state index in [2.05, 4.69) is 0 Å². The molecule has 0 saturated heterocycles. The molecule has 1 aromatic carbocycles. The van der Waals surface area contributed by atoms with Crippen LogP contribution in [0.5, 0.6) is 17.2 Å². The molecule has 4 nitrogen and oxygen atoms in total. The van der Waals surface area contributed by atoms with Gasteiger partial charge in [-0.3, -0.25) is 0 Å². The van der Waals surface area contributed by atoms with Crippen LogP contribution < -0.4 is 5.73 Å². The van der Waals surface area contributed by atoms with Crippen LogP contribution in [0.2, 0.25) is 0 Å². The van der Waals surface area contributed by atoms with E-state index >= 15 is 0 Å². The second kappa shape index (κ2) is 3.53. The molecule has 0 aliphatic rings. The lowest BCUT2D eigenvalue weighted by molar-refractivity contribution is 0.364. The Morgan fingerprint density at radius 2 is 1.85 bits per heavy atom. The van der Waals surface area contributed by atoms with Gasteiger partial charge in [0.05, 0.1) is 0 Å². The quantitative estimate of drug-likeness (QED) is 0.508. The largest absolute Gasteiger partial charge is 0.504 e. The van der Waals surface area contributed by atoms with Gasteiger partial charge >= 0.3 is 0 Å². The maximum absolute atomic E-state index is 9.36. The Labute approximate surface area is 76.2 Å². The van der Waals surface area contributed by atoms with E-state index in [0.29, 0.717) is 12.0 Å². The third kappa shape index (κ3) is 2.03. The molecule has 0 spiro atoms. The van der Waals surface area contributed by atoms with Crippen molar-refractivity contribution >= 4 is 0 Å². The highest BCUT2D eigenvalue weighted by Gasteiger charge is 2.11. The van der Waals surface area contributed by atoms with Gasteiger partial charge in [-0.25, -0.2) is 0 Å². The smallest absolute Gasteiger partial charge is 0.200 e. The van der Waals surface area contributed by atoms with Crippen molar-refractivity contribution in [2.75, 3.05) is 0 Å². The van der Waals surface area contributed by atoms with Gasteiger partial charge in [-0.05, 0) is 25.0 Å². The summed E-state index contributed by atoms with van der Waals surface area (Å²) in [6.07, 6.45) is 0.458. The van der Waals surface area contributed by atoms with Crippen LogP contribution in [-0.2, 0) is 6.42 Å². The molecule has 13 heavy (non-hydrogen) atoms. The van der Waals surface area contributed by atoms with Crippen LogP contribution in [0.4, 0.5) is 0 Å². The molecular weight excluding hydrogens is 170 g/mol. The summed E-state index contributed by atoms with van der Waals surface area (Å²) >= 11 is 0. The van der Waals surface area contributed by atoms with Crippen molar-refractivity contribution in [2.24, 2.45) is 5.73 Å². The van der Waals surface area contributed by atoms with Crippen LogP contribution in [0.15, 0.2) is 12.1 Å². The summed E-state index contributed by atoms with van der Waals surface area (Å²) in [6, 6.07) is 2.76. The van der Waals surface area contributed by atoms with E-state index in [9.17, 15) is 5.11 Å². The van der Waals surface area contributed by atoms with Crippen LogP contribution in [0.25, 0.3) is 0 Å². The van der Waals surface area contributed by atoms with Crippen molar-refractivity contribution < 1.29 is 15.3 Å². The fourth-order valence-corrected chi connectivity index (χ4v) is 1.12. The van der Waals surface area contributed by atoms with Crippen LogP contribution in [0, 0.1) is 0 Å². The molecule has 1 aromatic rings. The molecule has 0 aliphatic heterocycles. The minimum atomic E-state index is -0.488. The third-order valence-electron chi connectivity index (χ3n) is 1.76. The Kier molecular flexibility index (Phi) is 2.63. The average Bonchev–Trinajstić information content (AvgIpc) is 2.06. The fraction of sp³-hybridized carbons (Fsp3) is 0.333. The third-order valence-corrected chi connectivity index (χ3v) is 1.76. The van der Waals surface area contributed by atoms with E-state index in [4.69, 9.17) is 15.9 Å². The second-order valence-corrected chi connectivity index (χ2v) is 3.12. The lowest BCUT2D eigenvalue weighted by Gasteiger charge is -2.09. The molecule has 0 fully saturated rings. The van der Waals surface area contributed by atoms with Crippen molar-refractivity contribution in [3.63, 3.8) is 0 Å². The topological polar surface area (TPSA) is 86.7 Å². The van der Waals surface area contributed by atoms with Crippen LogP contribution in [0.1, 0.15) is 12.5 Å². The molecule has 1 rings (SSSR count). The van der Waals surface area contributed by atoms with Gasteiger partial charge in [0.1, 0.15) is 0 Å². The summed E-state index contributed by atoms with van der Waals surface area (Å²) in [4.78, 5) is 0. The highest BCUT2D eigenvalue weighted by molar-refractivity contribution is 5.53. The van der Waals surface area contributed by atoms with Crippen molar-refractivity contribution in [1.82, 2.24) is 0 Å². The van der Waals surface area contributed by atoms with Crippen molar-refractivity contribution in [3.05, 3.63) is 17.7 Å². The van der Waals surface area contributed by atoms with Gasteiger partial charge in [-0.15, -0.1) is 0 Å². The Balaban J connectivity index is 3.04. The monoisotopic (exact) mass is 183 g/mol. The first-order valence-corrected chi connectivity index (χ1v) is 4.00. The molecule has 0 heterocycles. The predicted molar refractivity (Wildman–Crippen MR) is 48.8 cm³/mol. The van der Waals surface area contributed by atoms with Gasteiger partial charge in [-0.1, -0.05) is 6.07 Å². The lowest BCUT2D eigenvalue weighted by Crippen LogP contribution is -2.17. The normalized spacial score (nSPS) is 12.8. The van der Waals surface area contributed by atoms with E-state index in [0.717, 1.165) is 0 Å². The molecule has 0 bridgehead atoms. The van der Waals surface area contributed by atoms with Gasteiger partial charge in [0, 0.05) is 6.04 Å². The van der Waals surface area contributed by atoms with E-state index in [1.807, 2.05) is 0 Å². The standard InChI is InChI=1S/C9H13NO3/c1-5(10)4-6-2-3-7(11)9(13)8(6)12/h2-3,5,11-13H,4,10H2,1H3. The molecule has 0 saturated carbocycles. The molecule has 0 aromatic heterocycles. The zero-order valence-corrected chi connectivity index (χ0v) is 7.36. The first-order valence-electron chi connectivity index (χ1n) is 4.00. The number of hydrogen-bond donors (Lipinski definition) is 4. The molecular formula is C9H13NO3. The van der Waals surface area contributed by atoms with E-state index in [1.54, 1.807) is 6.92 Å².